The molecule has 1 aliphatic rings. The number of hydrogen-bond acceptors (Lipinski definition) is 3. The van der Waals surface area contributed by atoms with Gasteiger partial charge in [0.05, 0.1) is 15.7 Å². The molecule has 1 aliphatic heterocycles. The number of carbonyl (C=O) groups is 1. The number of rotatable bonds is 3. The Labute approximate surface area is 176 Å². The van der Waals surface area contributed by atoms with Crippen LogP contribution in [-0.4, -0.2) is 17.3 Å². The van der Waals surface area contributed by atoms with Gasteiger partial charge in [-0.3, -0.25) is 5.48 Å². The third-order valence-corrected chi connectivity index (χ3v) is 5.64. The second-order valence-electron chi connectivity index (χ2n) is 6.07. The van der Waals surface area contributed by atoms with Gasteiger partial charge in [0.1, 0.15) is 0 Å². The molecule has 1 atom stereocenters. The minimum atomic E-state index is -4.87. The number of nitrogens with one attached hydrogen (secondary N) is 1. The number of aryl methyl sites for hydroxylation is 1. The van der Waals surface area contributed by atoms with Crippen LogP contribution in [0.3, 0.4) is 0 Å². The van der Waals surface area contributed by atoms with Crippen LogP contribution in [0.5, 0.6) is 0 Å². The average Bonchev–Trinajstić information content (AvgIpc) is 2.91. The van der Waals surface area contributed by atoms with Crippen molar-refractivity contribution in [3.05, 3.63) is 73.2 Å². The van der Waals surface area contributed by atoms with E-state index in [0.717, 1.165) is 12.1 Å². The first-order valence-electron chi connectivity index (χ1n) is 7.69. The Hall–Kier alpha value is -1.74. The summed E-state index contributed by atoms with van der Waals surface area (Å²) in [5, 5.41) is 9.17. The quantitative estimate of drug-likeness (QED) is 0.542. The van der Waals surface area contributed by atoms with E-state index in [4.69, 9.17) is 33.1 Å². The van der Waals surface area contributed by atoms with Crippen molar-refractivity contribution in [3.63, 3.8) is 0 Å². The van der Waals surface area contributed by atoms with Gasteiger partial charge in [0.15, 0.2) is 0 Å². The van der Waals surface area contributed by atoms with Crippen LogP contribution < -0.4 is 5.48 Å². The zero-order valence-electron chi connectivity index (χ0n) is 14.0. The monoisotopic (exact) mass is 495 g/mol. The van der Waals surface area contributed by atoms with Crippen molar-refractivity contribution in [2.24, 2.45) is 0 Å². The molecule has 0 bridgehead atoms. The molecule has 0 radical (unpaired) electrons. The average molecular weight is 497 g/mol. The first-order valence-corrected chi connectivity index (χ1v) is 9.24. The number of carboxylic acids is 1. The summed E-state index contributed by atoms with van der Waals surface area (Å²) in [6, 6.07) is 7.70. The molecular formula is C18H11BrCl2F3NO3. The fraction of sp³-hybridized carbons (Fsp3) is 0.167. The number of hydroxylamine groups is 1. The third-order valence-electron chi connectivity index (χ3n) is 4.25. The topological polar surface area (TPSA) is 58.6 Å². The molecule has 0 aromatic heterocycles. The molecular weight excluding hydrogens is 486 g/mol. The van der Waals surface area contributed by atoms with Crippen molar-refractivity contribution in [2.45, 2.75) is 18.7 Å². The van der Waals surface area contributed by atoms with Crippen LogP contribution in [0.4, 0.5) is 13.2 Å². The number of benzene rings is 2. The molecule has 148 valence electrons. The minimum absolute atomic E-state index is 0.00783. The first-order chi connectivity index (χ1) is 13.0. The summed E-state index contributed by atoms with van der Waals surface area (Å²) in [7, 11) is 0. The molecule has 1 heterocycles. The maximum absolute atomic E-state index is 14.2. The Kier molecular flexibility index (Phi) is 5.44. The lowest BCUT2D eigenvalue weighted by atomic mass is 9.91. The Morgan fingerprint density at radius 3 is 2.29 bits per heavy atom. The lowest BCUT2D eigenvalue weighted by molar-refractivity contribution is -0.270. The molecule has 3 rings (SSSR count). The van der Waals surface area contributed by atoms with E-state index >= 15 is 0 Å². The SMILES string of the molecule is Cc1cc(C2=C(Br)C(c3cc(Cl)cc(Cl)c3)(C(F)(F)F)ON2)ccc1C(=O)O. The van der Waals surface area contributed by atoms with Gasteiger partial charge >= 0.3 is 12.1 Å². The molecule has 0 fully saturated rings. The summed E-state index contributed by atoms with van der Waals surface area (Å²) >= 11 is 14.8. The minimum Gasteiger partial charge on any atom is -0.478 e. The highest BCUT2D eigenvalue weighted by molar-refractivity contribution is 9.12. The molecule has 1 unspecified atom stereocenters. The zero-order valence-corrected chi connectivity index (χ0v) is 17.1. The Morgan fingerprint density at radius 1 is 1.18 bits per heavy atom. The van der Waals surface area contributed by atoms with Crippen molar-refractivity contribution < 1.29 is 27.9 Å². The highest BCUT2D eigenvalue weighted by atomic mass is 79.9. The van der Waals surface area contributed by atoms with Gasteiger partial charge in [-0.05, 0) is 58.7 Å². The van der Waals surface area contributed by atoms with Crippen LogP contribution >= 0.6 is 39.1 Å². The van der Waals surface area contributed by atoms with Crippen molar-refractivity contribution in [1.82, 2.24) is 5.48 Å². The van der Waals surface area contributed by atoms with Gasteiger partial charge < -0.3 is 5.11 Å². The van der Waals surface area contributed by atoms with Crippen LogP contribution in [-0.2, 0) is 10.4 Å². The summed E-state index contributed by atoms with van der Waals surface area (Å²) < 4.78 is 42.1. The largest absolute Gasteiger partial charge is 0.478 e. The molecule has 28 heavy (non-hydrogen) atoms. The summed E-state index contributed by atoms with van der Waals surface area (Å²) in [6.07, 6.45) is -4.87. The molecule has 2 aromatic carbocycles. The van der Waals surface area contributed by atoms with Gasteiger partial charge in [-0.2, -0.15) is 13.2 Å². The van der Waals surface area contributed by atoms with Gasteiger partial charge in [-0.15, -0.1) is 0 Å². The third kappa shape index (κ3) is 3.39. The van der Waals surface area contributed by atoms with Crippen molar-refractivity contribution in [3.8, 4) is 0 Å². The predicted molar refractivity (Wildman–Crippen MR) is 102 cm³/mol. The van der Waals surface area contributed by atoms with E-state index in [1.807, 2.05) is 0 Å². The molecule has 0 saturated carbocycles. The summed E-state index contributed by atoms with van der Waals surface area (Å²) in [6.45, 7) is 1.55. The summed E-state index contributed by atoms with van der Waals surface area (Å²) in [5.74, 6) is -1.13. The van der Waals surface area contributed by atoms with Crippen LogP contribution in [0.2, 0.25) is 10.0 Å². The lowest BCUT2D eigenvalue weighted by Gasteiger charge is -2.30. The number of hydrogen-bond donors (Lipinski definition) is 2. The molecule has 10 heteroatoms. The Balaban J connectivity index is 2.21. The van der Waals surface area contributed by atoms with Crippen LogP contribution in [0, 0.1) is 6.92 Å². The van der Waals surface area contributed by atoms with E-state index in [1.54, 1.807) is 6.92 Å². The normalized spacial score (nSPS) is 19.7. The second-order valence-corrected chi connectivity index (χ2v) is 7.73. The molecule has 0 amide bonds. The van der Waals surface area contributed by atoms with Gasteiger partial charge in [0.2, 0.25) is 5.60 Å². The molecule has 2 N–H and O–H groups in total. The molecule has 0 aliphatic carbocycles. The maximum atomic E-state index is 14.2. The van der Waals surface area contributed by atoms with Gasteiger partial charge in [0.25, 0.3) is 0 Å². The van der Waals surface area contributed by atoms with Crippen LogP contribution in [0.25, 0.3) is 5.70 Å². The van der Waals surface area contributed by atoms with Crippen molar-refractivity contribution in [2.75, 3.05) is 0 Å². The number of aromatic carboxylic acids is 1. The standard InChI is InChI=1S/C18H11BrCl2F3NO3/c1-8-4-9(2-3-13(8)16(26)27)14-15(19)17(28-25-14,18(22,23)24)10-5-11(20)7-12(21)6-10/h2-7,25H,1H3,(H,26,27). The van der Waals surface area contributed by atoms with Crippen LogP contribution in [0.1, 0.15) is 27.0 Å². The fourth-order valence-electron chi connectivity index (χ4n) is 2.93. The highest BCUT2D eigenvalue weighted by Gasteiger charge is 2.64. The lowest BCUT2D eigenvalue weighted by Crippen LogP contribution is -2.44. The fourth-order valence-corrected chi connectivity index (χ4v) is 4.30. The maximum Gasteiger partial charge on any atom is 0.429 e. The Bertz CT molecular complexity index is 990. The summed E-state index contributed by atoms with van der Waals surface area (Å²) in [5.41, 5.74) is -0.130. The number of halogens is 6. The highest BCUT2D eigenvalue weighted by Crippen LogP contribution is 2.54. The molecule has 2 aromatic rings. The Morgan fingerprint density at radius 2 is 1.79 bits per heavy atom. The van der Waals surface area contributed by atoms with Gasteiger partial charge in [-0.1, -0.05) is 29.3 Å². The van der Waals surface area contributed by atoms with E-state index in [9.17, 15) is 18.0 Å². The van der Waals surface area contributed by atoms with Crippen molar-refractivity contribution >= 4 is 50.8 Å². The number of carboxylic acid groups (broad SMARTS) is 1. The van der Waals surface area contributed by atoms with E-state index < -0.39 is 17.7 Å². The molecule has 0 spiro atoms. The smallest absolute Gasteiger partial charge is 0.429 e. The first kappa shape index (κ1) is 21.0. The summed E-state index contributed by atoms with van der Waals surface area (Å²) in [4.78, 5) is 16.2. The van der Waals surface area contributed by atoms with E-state index in [-0.39, 0.29) is 31.4 Å². The van der Waals surface area contributed by atoms with E-state index in [1.165, 1.54) is 24.3 Å². The molecule has 0 saturated heterocycles. The van der Waals surface area contributed by atoms with E-state index in [2.05, 4.69) is 21.4 Å². The predicted octanol–water partition coefficient (Wildman–Crippen LogP) is 6.06. The zero-order chi connectivity index (χ0) is 20.9. The molecule has 4 nitrogen and oxygen atoms in total. The second kappa shape index (κ2) is 7.26. The van der Waals surface area contributed by atoms with Crippen molar-refractivity contribution in [1.29, 1.82) is 0 Å². The number of alkyl halides is 3. The van der Waals surface area contributed by atoms with Gasteiger partial charge in [-0.25, -0.2) is 9.63 Å². The van der Waals surface area contributed by atoms with Gasteiger partial charge in [0, 0.05) is 21.2 Å². The van der Waals surface area contributed by atoms with Crippen LogP contribution in [0.15, 0.2) is 40.9 Å². The van der Waals surface area contributed by atoms with E-state index in [0.29, 0.717) is 11.1 Å².